The molecule has 186 valence electrons. The minimum absolute atomic E-state index is 0.0392. The fourth-order valence-electron chi connectivity index (χ4n) is 4.91. The third-order valence-corrected chi connectivity index (χ3v) is 6.75. The average molecular weight is 494 g/mol. The number of aromatic nitrogens is 1. The molecule has 1 amide bonds. The Morgan fingerprint density at radius 3 is 2.61 bits per heavy atom. The number of halogens is 2. The smallest absolute Gasteiger partial charge is 0.278 e. The quantitative estimate of drug-likeness (QED) is 0.546. The van der Waals surface area contributed by atoms with E-state index >= 15 is 4.39 Å². The number of rotatable bonds is 2. The number of aromatic hydroxyl groups is 1. The van der Waals surface area contributed by atoms with Crippen LogP contribution in [0.15, 0.2) is 65.6 Å². The van der Waals surface area contributed by atoms with Crippen molar-refractivity contribution in [3.63, 3.8) is 0 Å². The zero-order valence-electron chi connectivity index (χ0n) is 19.8. The number of aryl methyl sites for hydroxylation is 1. The van der Waals surface area contributed by atoms with Crippen molar-refractivity contribution in [2.75, 3.05) is 18.3 Å². The molecule has 2 aliphatic heterocycles. The van der Waals surface area contributed by atoms with E-state index in [0.29, 0.717) is 12.0 Å². The maximum absolute atomic E-state index is 15.2. The molecule has 1 aromatic heterocycles. The molecule has 1 N–H and O–H groups in total. The summed E-state index contributed by atoms with van der Waals surface area (Å²) in [5.74, 6) is -3.57. The number of hydrogen-bond donors (Lipinski definition) is 1. The lowest BCUT2D eigenvalue weighted by molar-refractivity contribution is 0.0626. The Morgan fingerprint density at radius 2 is 1.86 bits per heavy atom. The summed E-state index contributed by atoms with van der Waals surface area (Å²) in [7, 11) is 0. The van der Waals surface area contributed by atoms with Crippen LogP contribution in [0.5, 0.6) is 11.5 Å². The summed E-state index contributed by atoms with van der Waals surface area (Å²) < 4.78 is 36.7. The summed E-state index contributed by atoms with van der Waals surface area (Å²) in [6.45, 7) is 3.81. The first kappa shape index (κ1) is 23.6. The molecule has 0 spiro atoms. The van der Waals surface area contributed by atoms with Gasteiger partial charge in [0.15, 0.2) is 23.0 Å². The van der Waals surface area contributed by atoms with Crippen LogP contribution in [-0.2, 0) is 0 Å². The van der Waals surface area contributed by atoms with Gasteiger partial charge in [0.25, 0.3) is 5.91 Å². The lowest BCUT2D eigenvalue weighted by Crippen LogP contribution is -2.57. The van der Waals surface area contributed by atoms with Gasteiger partial charge in [0.05, 0.1) is 6.04 Å². The van der Waals surface area contributed by atoms with Gasteiger partial charge in [0.1, 0.15) is 19.3 Å². The van der Waals surface area contributed by atoms with Gasteiger partial charge in [-0.05, 0) is 42.7 Å². The number of fused-ring (bicyclic) bond motifs is 5. The van der Waals surface area contributed by atoms with E-state index in [-0.39, 0.29) is 24.7 Å². The van der Waals surface area contributed by atoms with E-state index < -0.39 is 40.8 Å². The van der Waals surface area contributed by atoms with Crippen molar-refractivity contribution in [1.82, 2.24) is 9.58 Å². The standard InChI is InChI=1S/C27H25F2N3O4/c1-3-17-8-6-14-36-26-19(10-11-20(28)22(26)29)23(18-9-5-4-7-16(18)2)32-15-30(17)27(35)24-25(34)21(33)12-13-31(24)32/h4-13,17,23,34H,3,14-15H2,1-2H3/b8-6-/t17-,23+/m0/s1. The van der Waals surface area contributed by atoms with Crippen molar-refractivity contribution in [2.45, 2.75) is 32.4 Å². The van der Waals surface area contributed by atoms with E-state index in [2.05, 4.69) is 0 Å². The summed E-state index contributed by atoms with van der Waals surface area (Å²) in [4.78, 5) is 27.5. The first-order chi connectivity index (χ1) is 17.3. The number of amides is 1. The monoisotopic (exact) mass is 493 g/mol. The van der Waals surface area contributed by atoms with Crippen LogP contribution in [0.25, 0.3) is 0 Å². The van der Waals surface area contributed by atoms with Gasteiger partial charge in [-0.15, -0.1) is 0 Å². The summed E-state index contributed by atoms with van der Waals surface area (Å²) >= 11 is 0. The Bertz CT molecular complexity index is 1440. The molecule has 0 saturated carbocycles. The van der Waals surface area contributed by atoms with Crippen molar-refractivity contribution in [1.29, 1.82) is 0 Å². The lowest BCUT2D eigenvalue weighted by Gasteiger charge is -2.46. The molecular weight excluding hydrogens is 468 g/mol. The molecule has 3 heterocycles. The second-order valence-corrected chi connectivity index (χ2v) is 8.83. The molecule has 5 rings (SSSR count). The maximum Gasteiger partial charge on any atom is 0.278 e. The molecule has 0 saturated heterocycles. The SMILES string of the molecule is CC[C@H]1/C=C\COc2c(ccc(F)c2F)[C@@H](c2ccccc2C)N2CN1C(=O)c1c(O)c(=O)ccn12. The molecule has 0 aliphatic carbocycles. The highest BCUT2D eigenvalue weighted by Gasteiger charge is 2.40. The highest BCUT2D eigenvalue weighted by molar-refractivity contribution is 5.96. The highest BCUT2D eigenvalue weighted by Crippen LogP contribution is 2.40. The van der Waals surface area contributed by atoms with Crippen LogP contribution in [0.1, 0.15) is 46.6 Å². The highest BCUT2D eigenvalue weighted by atomic mass is 19.2. The Balaban J connectivity index is 1.87. The topological polar surface area (TPSA) is 75.0 Å². The van der Waals surface area contributed by atoms with E-state index in [1.165, 1.54) is 23.0 Å². The number of benzene rings is 2. The molecule has 9 heteroatoms. The molecule has 2 aliphatic rings. The van der Waals surface area contributed by atoms with Gasteiger partial charge >= 0.3 is 0 Å². The second-order valence-electron chi connectivity index (χ2n) is 8.83. The summed E-state index contributed by atoms with van der Waals surface area (Å²) in [6, 6.07) is 9.98. The van der Waals surface area contributed by atoms with E-state index in [1.807, 2.05) is 38.1 Å². The van der Waals surface area contributed by atoms with Gasteiger partial charge in [-0.25, -0.2) is 4.39 Å². The van der Waals surface area contributed by atoms with Gasteiger partial charge in [0.2, 0.25) is 11.2 Å². The van der Waals surface area contributed by atoms with Crippen LogP contribution in [-0.4, -0.2) is 39.9 Å². The number of ether oxygens (including phenoxy) is 1. The second kappa shape index (κ2) is 9.14. The van der Waals surface area contributed by atoms with Crippen molar-refractivity contribution in [3.8, 4) is 11.5 Å². The van der Waals surface area contributed by atoms with E-state index in [4.69, 9.17) is 4.74 Å². The minimum Gasteiger partial charge on any atom is -0.502 e. The third-order valence-electron chi connectivity index (χ3n) is 6.75. The van der Waals surface area contributed by atoms with Crippen LogP contribution in [0, 0.1) is 18.6 Å². The minimum atomic E-state index is -1.11. The Hall–Kier alpha value is -4.14. The summed E-state index contributed by atoms with van der Waals surface area (Å²) in [5.41, 5.74) is 1.09. The number of nitrogens with zero attached hydrogens (tertiary/aromatic N) is 3. The molecule has 0 radical (unpaired) electrons. The zero-order valence-corrected chi connectivity index (χ0v) is 19.8. The normalized spacial score (nSPS) is 20.2. The van der Waals surface area contributed by atoms with Crippen molar-refractivity contribution in [3.05, 3.63) is 105 Å². The number of hydrogen-bond acceptors (Lipinski definition) is 5. The van der Waals surface area contributed by atoms with Gasteiger partial charge in [-0.1, -0.05) is 37.3 Å². The number of carbonyl (C=O) groups excluding carboxylic acids is 1. The maximum atomic E-state index is 15.2. The van der Waals surface area contributed by atoms with Crippen LogP contribution in [0.4, 0.5) is 8.78 Å². The van der Waals surface area contributed by atoms with Crippen molar-refractivity contribution >= 4 is 5.91 Å². The molecule has 2 bridgehead atoms. The summed E-state index contributed by atoms with van der Waals surface area (Å²) in [6.07, 6.45) is 5.36. The van der Waals surface area contributed by atoms with Crippen LogP contribution >= 0.6 is 0 Å². The van der Waals surface area contributed by atoms with Crippen LogP contribution in [0.2, 0.25) is 0 Å². The molecule has 36 heavy (non-hydrogen) atoms. The summed E-state index contributed by atoms with van der Waals surface area (Å²) in [5, 5.41) is 12.4. The number of pyridine rings is 1. The molecule has 7 nitrogen and oxygen atoms in total. The van der Waals surface area contributed by atoms with E-state index in [9.17, 15) is 19.1 Å². The van der Waals surface area contributed by atoms with Crippen LogP contribution < -0.4 is 15.2 Å². The Morgan fingerprint density at radius 1 is 1.08 bits per heavy atom. The van der Waals surface area contributed by atoms with Crippen molar-refractivity contribution < 1.29 is 23.4 Å². The van der Waals surface area contributed by atoms with Gasteiger partial charge < -0.3 is 14.7 Å². The predicted molar refractivity (Wildman–Crippen MR) is 130 cm³/mol. The average Bonchev–Trinajstić information content (AvgIpc) is 2.89. The van der Waals surface area contributed by atoms with E-state index in [0.717, 1.165) is 17.2 Å². The fraction of sp³-hybridized carbons (Fsp3) is 0.259. The first-order valence-corrected chi connectivity index (χ1v) is 11.7. The first-order valence-electron chi connectivity index (χ1n) is 11.7. The molecule has 0 unspecified atom stereocenters. The van der Waals surface area contributed by atoms with Gasteiger partial charge in [-0.3, -0.25) is 19.3 Å². The largest absolute Gasteiger partial charge is 0.502 e. The zero-order chi connectivity index (χ0) is 25.6. The lowest BCUT2D eigenvalue weighted by atomic mass is 9.93. The molecule has 3 aromatic rings. The molecule has 0 fully saturated rings. The predicted octanol–water partition coefficient (Wildman–Crippen LogP) is 4.01. The van der Waals surface area contributed by atoms with Crippen LogP contribution in [0.3, 0.4) is 0 Å². The van der Waals surface area contributed by atoms with E-state index in [1.54, 1.807) is 22.1 Å². The molecular formula is C27H25F2N3O4. The third kappa shape index (κ3) is 3.71. The Labute approximate surface area is 206 Å². The van der Waals surface area contributed by atoms with Crippen molar-refractivity contribution in [2.24, 2.45) is 0 Å². The van der Waals surface area contributed by atoms with Gasteiger partial charge in [0, 0.05) is 17.8 Å². The Kier molecular flexibility index (Phi) is 5.99. The molecule has 2 aromatic carbocycles. The fourth-order valence-corrected chi connectivity index (χ4v) is 4.91. The van der Waals surface area contributed by atoms with Gasteiger partial charge in [-0.2, -0.15) is 4.39 Å². The number of carbonyl (C=O) groups is 1. The molecule has 2 atom stereocenters.